The number of sulfonamides is 3. The molecule has 0 atom stereocenters. The van der Waals surface area contributed by atoms with Crippen LogP contribution < -0.4 is 14.8 Å². The van der Waals surface area contributed by atoms with Crippen molar-refractivity contribution in [1.82, 2.24) is 47.3 Å². The molecular formula is C98H106F4N10O15S3. The van der Waals surface area contributed by atoms with Crippen LogP contribution in [0.15, 0.2) is 197 Å². The normalized spacial score (nSPS) is 19.1. The lowest BCUT2D eigenvalue weighted by atomic mass is 9.80. The molecule has 6 aromatic heterocycles. The van der Waals surface area contributed by atoms with Crippen molar-refractivity contribution in [1.29, 1.82) is 0 Å². The van der Waals surface area contributed by atoms with E-state index in [-0.39, 0.29) is 113 Å². The zero-order valence-corrected chi connectivity index (χ0v) is 75.7. The van der Waals surface area contributed by atoms with Crippen LogP contribution >= 0.6 is 0 Å². The van der Waals surface area contributed by atoms with E-state index in [1.165, 1.54) is 58.9 Å². The summed E-state index contributed by atoms with van der Waals surface area (Å²) >= 11 is 0. The van der Waals surface area contributed by atoms with E-state index < -0.39 is 53.9 Å². The van der Waals surface area contributed by atoms with Crippen molar-refractivity contribution in [2.45, 2.75) is 233 Å². The Hall–Kier alpha value is -11.9. The third-order valence-electron chi connectivity index (χ3n) is 26.3. The van der Waals surface area contributed by atoms with E-state index in [1.807, 2.05) is 59.7 Å². The highest BCUT2D eigenvalue weighted by Gasteiger charge is 2.38. The first-order valence-electron chi connectivity index (χ1n) is 43.7. The first-order valence-corrected chi connectivity index (χ1v) is 48.1. The van der Waals surface area contributed by atoms with Gasteiger partial charge in [0.25, 0.3) is 15.9 Å². The average molecular weight is 1840 g/mol. The lowest BCUT2D eigenvalue weighted by Crippen LogP contribution is -2.39. The number of hydrogen-bond acceptors (Lipinski definition) is 13. The fourth-order valence-corrected chi connectivity index (χ4v) is 23.9. The number of carbonyl (C=O) groups is 5. The highest BCUT2D eigenvalue weighted by molar-refractivity contribution is 7.90. The summed E-state index contributed by atoms with van der Waals surface area (Å²) in [5, 5.41) is 44.3. The fraction of sp³-hybridized carbons (Fsp3) is 0.357. The van der Waals surface area contributed by atoms with Crippen molar-refractivity contribution in [2.24, 2.45) is 0 Å². The standard InChI is InChI=1S/C26H26FN3O4S.C25H29FN2O4S.C24H27FN2O4S.C23H24FN3O3/c1-16-26(21-14-19(27)9-12-23(21)30(16)15-25(31)32)18-6-10-20(11-7-18)29-35(33,34)24-13-8-17-4-2-3-5-22(17)28-24;1-16-4-11-21(12-5-16)33(31,32)27(3)20-9-6-18(7-10-20)25-17(2)28(15-24(29)30)23-13-8-19(26)14-22(23)25;1-15-3-10-20(11-4-15)32(30,31)26-19-8-5-17(6-9-19)24-16(2)27(14-23(28)29)22-12-7-18(25)13-21(22)24;1-14-22(18-12-16(24)7-10-20(18)27(14)13-21(28)29)15-5-8-17(9-6-15)26-23(30)19-4-2-3-11-25-19/h2-5,8-9,12-14,18,20,29H,6-7,10-11,15H2,1H3,(H,31,32);4-5,8,11-14,18,20H,6-7,9-10,15H2,1-3H3,(H,29,30);3-4,7,10-13,17,19,26H,5-6,8-9,14H2,1-2H3,(H,28,29);2-4,7,10-12,15,17H,5-6,8-9,13H2,1H3,(H,26,30)(H,28,29). The number of hydrogen-bond donors (Lipinski definition) is 7. The summed E-state index contributed by atoms with van der Waals surface area (Å²) in [6.07, 6.45) is 13.3. The monoisotopic (exact) mass is 1830 g/mol. The van der Waals surface area contributed by atoms with Gasteiger partial charge in [-0.15, -0.1) is 0 Å². The van der Waals surface area contributed by atoms with Crippen molar-refractivity contribution >= 4 is 114 Å². The minimum atomic E-state index is -3.77. The number of aryl methyl sites for hydroxylation is 2. The van der Waals surface area contributed by atoms with E-state index in [4.69, 9.17) is 0 Å². The van der Waals surface area contributed by atoms with Crippen LogP contribution in [0.4, 0.5) is 17.6 Å². The van der Waals surface area contributed by atoms with Crippen LogP contribution in [0, 0.1) is 64.8 Å². The molecule has 13 aromatic rings. The van der Waals surface area contributed by atoms with Crippen molar-refractivity contribution in [2.75, 3.05) is 7.05 Å². The molecule has 25 nitrogen and oxygen atoms in total. The Morgan fingerprint density at radius 3 is 1.09 bits per heavy atom. The SMILES string of the molecule is Cc1c(C2CCC(NC(=O)c3ccccn3)CC2)c2cc(F)ccc2n1CC(=O)O.Cc1c(C2CCC(NS(=O)(=O)c3ccc4ccccc4n3)CC2)c2cc(F)ccc2n1CC(=O)O.Cc1ccc(S(=O)(=O)N(C)C2CCC(c3c(C)n(CC(=O)O)c4ccc(F)cc34)CC2)cc1.Cc1ccc(S(=O)(=O)NC2CCC(c3c(C)n(CC(=O)O)c4ccc(F)cc34)CC2)cc1. The van der Waals surface area contributed by atoms with Gasteiger partial charge >= 0.3 is 23.9 Å². The molecule has 684 valence electrons. The summed E-state index contributed by atoms with van der Waals surface area (Å²) in [6, 6.07) is 47.0. The van der Waals surface area contributed by atoms with Gasteiger partial charge in [0.15, 0.2) is 5.03 Å². The fourth-order valence-electron chi connectivity index (χ4n) is 19.9. The Morgan fingerprint density at radius 2 is 0.731 bits per heavy atom. The number of aliphatic carboxylic acids is 4. The molecule has 130 heavy (non-hydrogen) atoms. The zero-order valence-electron chi connectivity index (χ0n) is 73.2. The molecule has 17 rings (SSSR count). The first-order chi connectivity index (χ1) is 61.9. The topological polar surface area (TPSA) is 354 Å². The molecule has 4 aliphatic carbocycles. The number of pyridine rings is 2. The van der Waals surface area contributed by atoms with E-state index in [1.54, 1.807) is 135 Å². The van der Waals surface area contributed by atoms with Crippen LogP contribution in [0.1, 0.15) is 193 Å². The van der Waals surface area contributed by atoms with E-state index in [2.05, 4.69) is 24.7 Å². The number of para-hydroxylation sites is 1. The Labute approximate surface area is 751 Å². The number of halogens is 4. The molecule has 32 heteroatoms. The predicted molar refractivity (Wildman–Crippen MR) is 488 cm³/mol. The lowest BCUT2D eigenvalue weighted by Gasteiger charge is -2.34. The molecule has 6 heterocycles. The van der Waals surface area contributed by atoms with Crippen molar-refractivity contribution in [3.8, 4) is 0 Å². The van der Waals surface area contributed by atoms with Gasteiger partial charge in [0.05, 0.1) is 15.3 Å². The summed E-state index contributed by atoms with van der Waals surface area (Å²) in [7, 11) is -9.30. The lowest BCUT2D eigenvalue weighted by molar-refractivity contribution is -0.138. The molecular weight excluding hydrogens is 1730 g/mol. The Bertz CT molecular complexity index is 6790. The second kappa shape index (κ2) is 39.8. The average Bonchev–Trinajstić information content (AvgIpc) is 1.62. The molecule has 7 aromatic carbocycles. The Balaban J connectivity index is 0.000000140. The van der Waals surface area contributed by atoms with Crippen LogP contribution in [0.25, 0.3) is 54.5 Å². The maximum Gasteiger partial charge on any atom is 0.323 e. The molecule has 0 spiro atoms. The molecule has 0 bridgehead atoms. The molecule has 1 amide bonds. The smallest absolute Gasteiger partial charge is 0.323 e. The summed E-state index contributed by atoms with van der Waals surface area (Å²) < 4.78 is 148. The van der Waals surface area contributed by atoms with Gasteiger partial charge in [-0.25, -0.2) is 57.2 Å². The first kappa shape index (κ1) is 94.2. The number of fused-ring (bicyclic) bond motifs is 5. The van der Waals surface area contributed by atoms with Crippen molar-refractivity contribution in [3.05, 3.63) is 267 Å². The number of carboxylic acids is 4. The van der Waals surface area contributed by atoms with Gasteiger partial charge in [-0.2, -0.15) is 4.31 Å². The number of nitrogens with one attached hydrogen (secondary N) is 3. The summed E-state index contributed by atoms with van der Waals surface area (Å²) in [6.45, 7) is 10.7. The van der Waals surface area contributed by atoms with Crippen molar-refractivity contribution in [3.63, 3.8) is 0 Å². The highest BCUT2D eigenvalue weighted by atomic mass is 32.2. The second-order valence-electron chi connectivity index (χ2n) is 34.6. The van der Waals surface area contributed by atoms with Gasteiger partial charge in [0, 0.05) is 109 Å². The summed E-state index contributed by atoms with van der Waals surface area (Å²) in [5.74, 6) is -4.81. The van der Waals surface area contributed by atoms with Crippen molar-refractivity contribution < 1.29 is 87.2 Å². The van der Waals surface area contributed by atoms with Gasteiger partial charge in [-0.3, -0.25) is 29.0 Å². The van der Waals surface area contributed by atoms with Crippen LogP contribution in [0.3, 0.4) is 0 Å². The van der Waals surface area contributed by atoms with Gasteiger partial charge < -0.3 is 44.0 Å². The predicted octanol–water partition coefficient (Wildman–Crippen LogP) is 18.1. The number of rotatable bonds is 23. The van der Waals surface area contributed by atoms with E-state index in [0.29, 0.717) is 84.0 Å². The number of benzene rings is 7. The molecule has 7 N–H and O–H groups in total. The van der Waals surface area contributed by atoms with Crippen LogP contribution in [0.2, 0.25) is 0 Å². The number of amides is 1. The second-order valence-corrected chi connectivity index (χ2v) is 40.0. The van der Waals surface area contributed by atoms with Gasteiger partial charge in [-0.05, 0) is 318 Å². The van der Waals surface area contributed by atoms with Crippen LogP contribution in [-0.2, 0) is 75.4 Å². The molecule has 0 aliphatic heterocycles. The third-order valence-corrected chi connectivity index (χ3v) is 31.2. The molecule has 0 radical (unpaired) electrons. The molecule has 4 fully saturated rings. The maximum atomic E-state index is 14.1. The number of nitrogens with zero attached hydrogens (tertiary/aromatic N) is 7. The summed E-state index contributed by atoms with van der Waals surface area (Å²) in [4.78, 5) is 66.9. The minimum Gasteiger partial charge on any atom is -0.480 e. The van der Waals surface area contributed by atoms with Gasteiger partial charge in [0.1, 0.15) is 55.1 Å². The zero-order chi connectivity index (χ0) is 92.9. The maximum absolute atomic E-state index is 14.1. The minimum absolute atomic E-state index is 0.00128. The van der Waals surface area contributed by atoms with Gasteiger partial charge in [0.2, 0.25) is 20.0 Å². The quantitative estimate of drug-likeness (QED) is 0.0293. The van der Waals surface area contributed by atoms with Crippen LogP contribution in [0.5, 0.6) is 0 Å². The molecule has 4 aliphatic rings. The number of carboxylic acid groups (broad SMARTS) is 4. The third kappa shape index (κ3) is 21.1. The number of carbonyl (C=O) groups excluding carboxylic acids is 1. The molecule has 4 saturated carbocycles. The molecule has 0 unspecified atom stereocenters. The highest BCUT2D eigenvalue weighted by Crippen LogP contribution is 2.46. The van der Waals surface area contributed by atoms with Crippen LogP contribution in [-0.4, -0.2) is 139 Å². The summed E-state index contributed by atoms with van der Waals surface area (Å²) in [5.41, 5.74) is 13.2. The number of aromatic nitrogens is 6. The Morgan fingerprint density at radius 1 is 0.392 bits per heavy atom. The van der Waals surface area contributed by atoms with E-state index in [9.17, 15) is 87.2 Å². The largest absolute Gasteiger partial charge is 0.480 e. The Kier molecular flexibility index (Phi) is 28.8. The molecule has 0 saturated heterocycles. The van der Waals surface area contributed by atoms with E-state index in [0.717, 1.165) is 140 Å². The van der Waals surface area contributed by atoms with E-state index >= 15 is 0 Å². The van der Waals surface area contributed by atoms with Gasteiger partial charge in [-0.1, -0.05) is 59.7 Å².